The summed E-state index contributed by atoms with van der Waals surface area (Å²) in [6.07, 6.45) is 1.61. The van der Waals surface area contributed by atoms with E-state index in [0.29, 0.717) is 25.5 Å². The molecule has 2 atom stereocenters. The van der Waals surface area contributed by atoms with Gasteiger partial charge in [-0.3, -0.25) is 0 Å². The number of ether oxygens (including phenoxy) is 1. The molecule has 17 heavy (non-hydrogen) atoms. The first-order valence-electron chi connectivity index (χ1n) is 6.19. The van der Waals surface area contributed by atoms with Gasteiger partial charge < -0.3 is 9.64 Å². The zero-order valence-corrected chi connectivity index (χ0v) is 10.2. The van der Waals surface area contributed by atoms with Gasteiger partial charge in [-0.25, -0.2) is 9.37 Å². The Kier molecular flexibility index (Phi) is 2.45. The van der Waals surface area contributed by atoms with Crippen molar-refractivity contribution in [3.8, 4) is 5.75 Å². The number of hydrogen-bond donors (Lipinski definition) is 0. The number of fused-ring (bicyclic) bond motifs is 3. The van der Waals surface area contributed by atoms with Crippen molar-refractivity contribution in [3.05, 3.63) is 17.8 Å². The highest BCUT2D eigenvalue weighted by atomic mass is 19.1. The van der Waals surface area contributed by atoms with Crippen molar-refractivity contribution >= 4 is 5.82 Å². The first kappa shape index (κ1) is 10.8. The minimum atomic E-state index is -0.751. The standard InChI is InChI=1S/C13H17FN2O/c1-8(2)11-3-4-15-13-12(11)17-7-10-5-9(14)6-16(10)13/h3-4,8-10H,5-7H2,1-2H3/t9-,10?/m1/s1. The molecule has 0 saturated carbocycles. The highest BCUT2D eigenvalue weighted by Gasteiger charge is 2.38. The highest BCUT2D eigenvalue weighted by Crippen LogP contribution is 2.41. The summed E-state index contributed by atoms with van der Waals surface area (Å²) in [4.78, 5) is 6.44. The SMILES string of the molecule is CC(C)c1ccnc2c1OCC1C[C@@H](F)CN21. The second-order valence-corrected chi connectivity index (χ2v) is 5.16. The average Bonchev–Trinajstić information content (AvgIpc) is 2.68. The van der Waals surface area contributed by atoms with Crippen LogP contribution in [-0.4, -0.2) is 30.3 Å². The van der Waals surface area contributed by atoms with E-state index in [4.69, 9.17) is 4.74 Å². The third-order valence-corrected chi connectivity index (χ3v) is 3.59. The molecule has 1 saturated heterocycles. The fraction of sp³-hybridized carbons (Fsp3) is 0.615. The summed E-state index contributed by atoms with van der Waals surface area (Å²) < 4.78 is 19.3. The van der Waals surface area contributed by atoms with Crippen LogP contribution in [0.3, 0.4) is 0 Å². The van der Waals surface area contributed by atoms with Gasteiger partial charge in [0.25, 0.3) is 0 Å². The maximum Gasteiger partial charge on any atom is 0.172 e. The van der Waals surface area contributed by atoms with Crippen LogP contribution in [0.4, 0.5) is 10.2 Å². The van der Waals surface area contributed by atoms with Gasteiger partial charge in [0, 0.05) is 18.2 Å². The van der Waals surface area contributed by atoms with Gasteiger partial charge in [0.1, 0.15) is 12.8 Å². The third kappa shape index (κ3) is 1.66. The molecular formula is C13H17FN2O. The van der Waals surface area contributed by atoms with Crippen LogP contribution < -0.4 is 9.64 Å². The zero-order valence-electron chi connectivity index (χ0n) is 10.2. The van der Waals surface area contributed by atoms with Gasteiger partial charge in [-0.2, -0.15) is 0 Å². The lowest BCUT2D eigenvalue weighted by Crippen LogP contribution is -2.39. The molecular weight excluding hydrogens is 219 g/mol. The second kappa shape index (κ2) is 3.86. The highest BCUT2D eigenvalue weighted by molar-refractivity contribution is 5.60. The van der Waals surface area contributed by atoms with Crippen molar-refractivity contribution in [1.29, 1.82) is 0 Å². The average molecular weight is 236 g/mol. The monoisotopic (exact) mass is 236 g/mol. The van der Waals surface area contributed by atoms with Crippen LogP contribution in [0, 0.1) is 0 Å². The summed E-state index contributed by atoms with van der Waals surface area (Å²) in [5.74, 6) is 2.08. The van der Waals surface area contributed by atoms with Crippen molar-refractivity contribution in [2.45, 2.75) is 38.4 Å². The summed E-state index contributed by atoms with van der Waals surface area (Å²) in [5, 5.41) is 0. The van der Waals surface area contributed by atoms with Gasteiger partial charge in [-0.15, -0.1) is 0 Å². The number of halogens is 1. The van der Waals surface area contributed by atoms with Gasteiger partial charge in [0.2, 0.25) is 0 Å². The molecule has 4 heteroatoms. The normalized spacial score (nSPS) is 26.7. The lowest BCUT2D eigenvalue weighted by Gasteiger charge is -2.33. The molecule has 0 aliphatic carbocycles. The van der Waals surface area contributed by atoms with Crippen LogP contribution in [0.1, 0.15) is 31.7 Å². The Morgan fingerprint density at radius 1 is 1.53 bits per heavy atom. The fourth-order valence-electron chi connectivity index (χ4n) is 2.72. The van der Waals surface area contributed by atoms with Crippen LogP contribution in [-0.2, 0) is 0 Å². The topological polar surface area (TPSA) is 25.4 Å². The van der Waals surface area contributed by atoms with Crippen molar-refractivity contribution in [2.24, 2.45) is 0 Å². The van der Waals surface area contributed by atoms with Crippen LogP contribution in [0.25, 0.3) is 0 Å². The smallest absolute Gasteiger partial charge is 0.172 e. The van der Waals surface area contributed by atoms with Crippen LogP contribution in [0.15, 0.2) is 12.3 Å². The number of aromatic nitrogens is 1. The van der Waals surface area contributed by atoms with Crippen molar-refractivity contribution in [2.75, 3.05) is 18.1 Å². The molecule has 92 valence electrons. The summed E-state index contributed by atoms with van der Waals surface area (Å²) in [7, 11) is 0. The van der Waals surface area contributed by atoms with Gasteiger partial charge in [0.05, 0.1) is 12.6 Å². The molecule has 3 heterocycles. The first-order chi connectivity index (χ1) is 8.16. The number of hydrogen-bond acceptors (Lipinski definition) is 3. The molecule has 0 N–H and O–H groups in total. The summed E-state index contributed by atoms with van der Waals surface area (Å²) in [6.45, 7) is 5.30. The van der Waals surface area contributed by atoms with Gasteiger partial charge in [-0.05, 0) is 12.0 Å². The summed E-state index contributed by atoms with van der Waals surface area (Å²) in [5.41, 5.74) is 1.16. The first-order valence-corrected chi connectivity index (χ1v) is 6.19. The van der Waals surface area contributed by atoms with E-state index in [2.05, 4.69) is 23.7 Å². The van der Waals surface area contributed by atoms with Crippen LogP contribution >= 0.6 is 0 Å². The van der Waals surface area contributed by atoms with E-state index in [-0.39, 0.29) is 6.04 Å². The van der Waals surface area contributed by atoms with Gasteiger partial charge in [-0.1, -0.05) is 13.8 Å². The van der Waals surface area contributed by atoms with Crippen molar-refractivity contribution in [3.63, 3.8) is 0 Å². The fourth-order valence-corrected chi connectivity index (χ4v) is 2.72. The van der Waals surface area contributed by atoms with E-state index in [1.54, 1.807) is 6.20 Å². The molecule has 0 bridgehead atoms. The molecule has 0 spiro atoms. The zero-order chi connectivity index (χ0) is 12.0. The molecule has 2 aliphatic heterocycles. The van der Waals surface area contributed by atoms with Gasteiger partial charge in [0.15, 0.2) is 11.6 Å². The molecule has 0 amide bonds. The van der Waals surface area contributed by atoms with Crippen LogP contribution in [0.2, 0.25) is 0 Å². The molecule has 1 aromatic heterocycles. The molecule has 3 rings (SSSR count). The molecule has 1 unspecified atom stereocenters. The minimum Gasteiger partial charge on any atom is -0.487 e. The molecule has 3 nitrogen and oxygen atoms in total. The Bertz CT molecular complexity index is 435. The molecule has 0 radical (unpaired) electrons. The summed E-state index contributed by atoms with van der Waals surface area (Å²) >= 11 is 0. The predicted molar refractivity (Wildman–Crippen MR) is 64.5 cm³/mol. The minimum absolute atomic E-state index is 0.160. The van der Waals surface area contributed by atoms with Crippen molar-refractivity contribution < 1.29 is 9.13 Å². The van der Waals surface area contributed by atoms with E-state index in [9.17, 15) is 4.39 Å². The molecule has 1 fully saturated rings. The Morgan fingerprint density at radius 2 is 2.35 bits per heavy atom. The number of pyridine rings is 1. The van der Waals surface area contributed by atoms with E-state index >= 15 is 0 Å². The van der Waals surface area contributed by atoms with Crippen molar-refractivity contribution in [1.82, 2.24) is 4.98 Å². The molecule has 1 aromatic rings. The number of alkyl halides is 1. The Hall–Kier alpha value is -1.32. The third-order valence-electron chi connectivity index (χ3n) is 3.59. The van der Waals surface area contributed by atoms with E-state index in [1.807, 2.05) is 6.07 Å². The lowest BCUT2D eigenvalue weighted by atomic mass is 10.0. The Balaban J connectivity index is 2.04. The Labute approximate surface area is 101 Å². The maximum atomic E-state index is 13.5. The van der Waals surface area contributed by atoms with Gasteiger partial charge >= 0.3 is 0 Å². The number of anilines is 1. The quantitative estimate of drug-likeness (QED) is 0.749. The molecule has 0 aromatic carbocycles. The molecule has 2 aliphatic rings. The largest absolute Gasteiger partial charge is 0.487 e. The number of nitrogens with zero attached hydrogens (tertiary/aromatic N) is 2. The van der Waals surface area contributed by atoms with Crippen LogP contribution in [0.5, 0.6) is 5.75 Å². The van der Waals surface area contributed by atoms with E-state index in [1.165, 1.54) is 0 Å². The van der Waals surface area contributed by atoms with E-state index < -0.39 is 6.17 Å². The Morgan fingerprint density at radius 3 is 3.12 bits per heavy atom. The second-order valence-electron chi connectivity index (χ2n) is 5.16. The summed E-state index contributed by atoms with van der Waals surface area (Å²) in [6, 6.07) is 2.15. The number of rotatable bonds is 1. The van der Waals surface area contributed by atoms with E-state index in [0.717, 1.165) is 17.1 Å². The predicted octanol–water partition coefficient (Wildman–Crippen LogP) is 2.51. The lowest BCUT2D eigenvalue weighted by molar-refractivity contribution is 0.258. The maximum absolute atomic E-state index is 13.5.